The van der Waals surface area contributed by atoms with Gasteiger partial charge in [-0.3, -0.25) is 4.79 Å². The Bertz CT molecular complexity index is 354. The van der Waals surface area contributed by atoms with Crippen molar-refractivity contribution >= 4 is 41.1 Å². The Labute approximate surface area is 130 Å². The van der Waals surface area contributed by atoms with Crippen molar-refractivity contribution in [3.05, 3.63) is 0 Å². The largest absolute Gasteiger partial charge is 0.334 e. The summed E-state index contributed by atoms with van der Waals surface area (Å²) >= 11 is 13.2. The molecule has 0 atom stereocenters. The Hall–Kier alpha value is -0.0800. The number of carbonyl (C=O) groups is 1. The number of rotatable bonds is 6. The average molecular weight is 325 g/mol. The lowest BCUT2D eigenvalue weighted by Crippen LogP contribution is -2.49. The second-order valence-corrected chi connectivity index (χ2v) is 8.19. The number of amides is 1. The van der Waals surface area contributed by atoms with E-state index < -0.39 is 9.20 Å². The summed E-state index contributed by atoms with van der Waals surface area (Å²) in [6, 6.07) is 0.0382. The molecule has 0 aromatic carbocycles. The molecule has 0 bridgehead atoms. The lowest BCUT2D eigenvalue weighted by Gasteiger charge is -2.35. The van der Waals surface area contributed by atoms with Gasteiger partial charge in [-0.15, -0.1) is 6.42 Å². The molecule has 0 aliphatic heterocycles. The Balaban J connectivity index is 4.90. The van der Waals surface area contributed by atoms with Gasteiger partial charge in [0.05, 0.1) is 5.54 Å². The molecule has 0 spiro atoms. The van der Waals surface area contributed by atoms with E-state index in [9.17, 15) is 4.79 Å². The van der Waals surface area contributed by atoms with Gasteiger partial charge < -0.3 is 4.90 Å². The molecule has 0 radical (unpaired) electrons. The molecule has 0 aromatic rings. The first-order chi connectivity index (χ1) is 8.44. The average Bonchev–Trinajstić information content (AvgIpc) is 2.25. The highest BCUT2D eigenvalue weighted by Crippen LogP contribution is 2.36. The van der Waals surface area contributed by atoms with Crippen LogP contribution in [0.2, 0.25) is 0 Å². The molecule has 0 aliphatic carbocycles. The molecular formula is C13H22Cl2N2OS. The highest BCUT2D eigenvalue weighted by molar-refractivity contribution is 8.02. The van der Waals surface area contributed by atoms with E-state index in [-0.39, 0.29) is 18.0 Å². The van der Waals surface area contributed by atoms with Crippen LogP contribution >= 0.6 is 35.1 Å². The van der Waals surface area contributed by atoms with E-state index in [4.69, 9.17) is 29.6 Å². The highest BCUT2D eigenvalue weighted by Gasteiger charge is 2.41. The quantitative estimate of drug-likeness (QED) is 0.461. The Morgan fingerprint density at radius 3 is 2.00 bits per heavy atom. The van der Waals surface area contributed by atoms with Crippen molar-refractivity contribution in [2.75, 3.05) is 0 Å². The number of nitrogens with one attached hydrogen (secondary N) is 1. The summed E-state index contributed by atoms with van der Waals surface area (Å²) in [7, 11) is 0. The molecule has 110 valence electrons. The van der Waals surface area contributed by atoms with Crippen molar-refractivity contribution < 1.29 is 4.79 Å². The third kappa shape index (κ3) is 5.83. The molecule has 1 N–H and O–H groups in total. The second kappa shape index (κ2) is 7.08. The zero-order valence-corrected chi connectivity index (χ0v) is 14.6. The number of carbonyl (C=O) groups excluding carboxylic acids is 1. The molecule has 3 nitrogen and oxygen atoms in total. The summed E-state index contributed by atoms with van der Waals surface area (Å²) in [5, 5.41) is 0. The van der Waals surface area contributed by atoms with E-state index >= 15 is 0 Å². The summed E-state index contributed by atoms with van der Waals surface area (Å²) < 4.78 is 1.32. The molecule has 19 heavy (non-hydrogen) atoms. The van der Waals surface area contributed by atoms with Gasteiger partial charge in [-0.05, 0) is 53.5 Å². The fourth-order valence-electron chi connectivity index (χ4n) is 1.48. The van der Waals surface area contributed by atoms with Crippen molar-refractivity contribution in [3.63, 3.8) is 0 Å². The minimum atomic E-state index is -1.61. The third-order valence-corrected chi connectivity index (χ3v) is 4.22. The fraction of sp³-hybridized carbons (Fsp3) is 0.769. The number of terminal acetylenes is 1. The molecule has 6 heteroatoms. The maximum Gasteiger partial charge on any atom is 0.271 e. The van der Waals surface area contributed by atoms with Crippen LogP contribution in [-0.4, -0.2) is 32.1 Å². The molecule has 0 aromatic heterocycles. The summed E-state index contributed by atoms with van der Waals surface area (Å²) in [6.07, 6.45) is 5.36. The summed E-state index contributed by atoms with van der Waals surface area (Å²) in [6.45, 7) is 11.3. The van der Waals surface area contributed by atoms with Gasteiger partial charge in [0.25, 0.3) is 9.57 Å². The van der Waals surface area contributed by atoms with Crippen LogP contribution in [0.5, 0.6) is 0 Å². The Morgan fingerprint density at radius 1 is 1.26 bits per heavy atom. The van der Waals surface area contributed by atoms with Gasteiger partial charge in [0.15, 0.2) is 0 Å². The molecule has 0 rings (SSSR count). The van der Waals surface area contributed by atoms with E-state index in [2.05, 4.69) is 10.6 Å². The Kier molecular flexibility index (Phi) is 7.05. The molecule has 0 heterocycles. The number of nitrogens with zero attached hydrogens (tertiary/aromatic N) is 1. The van der Waals surface area contributed by atoms with Gasteiger partial charge in [0.2, 0.25) is 0 Å². The predicted octanol–water partition coefficient (Wildman–Crippen LogP) is 3.41. The maximum atomic E-state index is 12.4. The van der Waals surface area contributed by atoms with Gasteiger partial charge in [-0.1, -0.05) is 29.1 Å². The summed E-state index contributed by atoms with van der Waals surface area (Å²) in [5.41, 5.74) is -0.597. The van der Waals surface area contributed by atoms with Crippen LogP contribution in [0.4, 0.5) is 0 Å². The van der Waals surface area contributed by atoms with E-state index in [1.165, 1.54) is 0 Å². The normalized spacial score (nSPS) is 12.7. The van der Waals surface area contributed by atoms with Crippen LogP contribution in [0.15, 0.2) is 0 Å². The molecular weight excluding hydrogens is 303 g/mol. The monoisotopic (exact) mass is 324 g/mol. The predicted molar refractivity (Wildman–Crippen MR) is 85.2 cm³/mol. The van der Waals surface area contributed by atoms with Crippen LogP contribution < -0.4 is 4.72 Å². The van der Waals surface area contributed by atoms with Gasteiger partial charge in [-0.25, -0.2) is 4.72 Å². The summed E-state index contributed by atoms with van der Waals surface area (Å²) in [5.74, 6) is 2.21. The van der Waals surface area contributed by atoms with E-state index in [0.29, 0.717) is 0 Å². The van der Waals surface area contributed by atoms with Crippen LogP contribution in [0.1, 0.15) is 41.5 Å². The first kappa shape index (κ1) is 18.9. The first-order valence-electron chi connectivity index (χ1n) is 6.08. The summed E-state index contributed by atoms with van der Waals surface area (Å²) in [4.78, 5) is 14.1. The van der Waals surface area contributed by atoms with Crippen molar-refractivity contribution in [1.29, 1.82) is 0 Å². The first-order valence-corrected chi connectivity index (χ1v) is 7.65. The Morgan fingerprint density at radius 2 is 1.68 bits per heavy atom. The van der Waals surface area contributed by atoms with Crippen molar-refractivity contribution in [2.24, 2.45) is 0 Å². The lowest BCUT2D eigenvalue weighted by molar-refractivity contribution is -0.133. The van der Waals surface area contributed by atoms with Gasteiger partial charge in [0, 0.05) is 12.1 Å². The topological polar surface area (TPSA) is 32.3 Å². The van der Waals surface area contributed by atoms with Gasteiger partial charge in [0.1, 0.15) is 0 Å². The fourth-order valence-corrected chi connectivity index (χ4v) is 2.54. The van der Waals surface area contributed by atoms with Crippen LogP contribution in [0, 0.1) is 12.3 Å². The minimum Gasteiger partial charge on any atom is -0.334 e. The van der Waals surface area contributed by atoms with E-state index in [1.807, 2.05) is 27.7 Å². The molecule has 0 saturated carbocycles. The molecule has 0 saturated heterocycles. The second-order valence-electron chi connectivity index (χ2n) is 5.39. The van der Waals surface area contributed by atoms with Crippen LogP contribution in [0.25, 0.3) is 0 Å². The zero-order chi connectivity index (χ0) is 15.4. The van der Waals surface area contributed by atoms with Crippen molar-refractivity contribution in [3.8, 4) is 12.3 Å². The molecule has 1 amide bonds. The number of hydrogen-bond donors (Lipinski definition) is 1. The number of alkyl halides is 2. The van der Waals surface area contributed by atoms with Gasteiger partial charge in [-0.2, -0.15) is 0 Å². The lowest BCUT2D eigenvalue weighted by atomic mass is 10.1. The van der Waals surface area contributed by atoms with Gasteiger partial charge >= 0.3 is 0 Å². The van der Waals surface area contributed by atoms with E-state index in [1.54, 1.807) is 18.7 Å². The number of halogens is 2. The van der Waals surface area contributed by atoms with Crippen molar-refractivity contribution in [2.45, 2.75) is 62.8 Å². The van der Waals surface area contributed by atoms with Crippen molar-refractivity contribution in [1.82, 2.24) is 9.62 Å². The maximum absolute atomic E-state index is 12.4. The van der Waals surface area contributed by atoms with Crippen LogP contribution in [-0.2, 0) is 4.79 Å². The SMILES string of the molecule is C#CC(C)(C)NSC(Cl)(Cl)C(=O)N(C(C)C)C(C)C. The standard InChI is InChI=1S/C13H22Cl2N2OS/c1-8-12(6,7)16-19-13(14,15)11(18)17(9(2)3)10(4)5/h1,9-10,16H,2-7H3. The molecule has 0 fully saturated rings. The zero-order valence-electron chi connectivity index (χ0n) is 12.3. The minimum absolute atomic E-state index is 0.0191. The highest BCUT2D eigenvalue weighted by atomic mass is 35.5. The third-order valence-electron chi connectivity index (χ3n) is 2.39. The smallest absolute Gasteiger partial charge is 0.271 e. The molecule has 0 unspecified atom stereocenters. The number of hydrogen-bond acceptors (Lipinski definition) is 3. The molecule has 0 aliphatic rings. The van der Waals surface area contributed by atoms with E-state index in [0.717, 1.165) is 11.9 Å². The van der Waals surface area contributed by atoms with Crippen LogP contribution in [0.3, 0.4) is 0 Å².